The van der Waals surface area contributed by atoms with Gasteiger partial charge in [-0.05, 0) is 57.8 Å². The fourth-order valence-electron chi connectivity index (χ4n) is 8.32. The fourth-order valence-corrected chi connectivity index (χ4v) is 8.32. The molecule has 0 N–H and O–H groups in total. The summed E-state index contributed by atoms with van der Waals surface area (Å²) >= 11 is 0. The molecule has 0 radical (unpaired) electrons. The molecule has 384 valence electrons. The van der Waals surface area contributed by atoms with Crippen LogP contribution >= 0.6 is 0 Å². The summed E-state index contributed by atoms with van der Waals surface area (Å²) in [7, 11) is 0. The van der Waals surface area contributed by atoms with E-state index in [0.717, 1.165) is 96.3 Å². The van der Waals surface area contributed by atoms with Crippen LogP contribution in [0, 0.1) is 0 Å². The largest absolute Gasteiger partial charge is 0.462 e. The van der Waals surface area contributed by atoms with Gasteiger partial charge >= 0.3 is 17.9 Å². The zero-order chi connectivity index (χ0) is 47.9. The molecule has 0 aromatic rings. The summed E-state index contributed by atoms with van der Waals surface area (Å²) in [4.78, 5) is 38.0. The molecule has 0 aliphatic rings. The van der Waals surface area contributed by atoms with E-state index in [1.807, 2.05) is 0 Å². The van der Waals surface area contributed by atoms with Gasteiger partial charge in [-0.2, -0.15) is 0 Å². The number of hydrogen-bond acceptors (Lipinski definition) is 6. The molecule has 0 saturated heterocycles. The van der Waals surface area contributed by atoms with Crippen LogP contribution in [0.25, 0.3) is 0 Å². The van der Waals surface area contributed by atoms with Crippen molar-refractivity contribution in [3.8, 4) is 0 Å². The van der Waals surface area contributed by atoms with Gasteiger partial charge in [0.05, 0.1) is 0 Å². The van der Waals surface area contributed by atoms with Crippen molar-refractivity contribution in [2.45, 2.75) is 303 Å². The summed E-state index contributed by atoms with van der Waals surface area (Å²) in [6.07, 6.45) is 66.8. The lowest BCUT2D eigenvalue weighted by Crippen LogP contribution is -2.30. The lowest BCUT2D eigenvalue weighted by Gasteiger charge is -2.18. The van der Waals surface area contributed by atoms with Crippen LogP contribution in [-0.2, 0) is 28.6 Å². The molecule has 0 rings (SSSR count). The number of unbranched alkanes of at least 4 members (excludes halogenated alkanes) is 33. The van der Waals surface area contributed by atoms with Crippen molar-refractivity contribution < 1.29 is 28.6 Å². The number of esters is 3. The highest BCUT2D eigenvalue weighted by Crippen LogP contribution is 2.17. The van der Waals surface area contributed by atoms with Gasteiger partial charge < -0.3 is 14.2 Å². The maximum Gasteiger partial charge on any atom is 0.306 e. The zero-order valence-corrected chi connectivity index (χ0v) is 44.0. The monoisotopic (exact) mass is 925 g/mol. The zero-order valence-electron chi connectivity index (χ0n) is 44.0. The smallest absolute Gasteiger partial charge is 0.306 e. The quantitative estimate of drug-likeness (QED) is 0.0262. The van der Waals surface area contributed by atoms with Crippen molar-refractivity contribution in [2.24, 2.45) is 0 Å². The van der Waals surface area contributed by atoms with Gasteiger partial charge in [-0.1, -0.05) is 268 Å². The van der Waals surface area contributed by atoms with E-state index >= 15 is 0 Å². The van der Waals surface area contributed by atoms with E-state index in [9.17, 15) is 14.4 Å². The maximum absolute atomic E-state index is 12.8. The molecule has 0 spiro atoms. The van der Waals surface area contributed by atoms with Crippen molar-refractivity contribution in [1.29, 1.82) is 0 Å². The van der Waals surface area contributed by atoms with Crippen LogP contribution in [-0.4, -0.2) is 37.2 Å². The maximum atomic E-state index is 12.8. The molecule has 0 aromatic carbocycles. The second-order valence-electron chi connectivity index (χ2n) is 19.2. The Bertz CT molecular complexity index is 1150. The second-order valence-corrected chi connectivity index (χ2v) is 19.2. The predicted octanol–water partition coefficient (Wildman–Crippen LogP) is 19.0. The molecule has 1 atom stereocenters. The van der Waals surface area contributed by atoms with E-state index < -0.39 is 6.10 Å². The molecule has 0 fully saturated rings. The molecule has 0 aliphatic heterocycles. The highest BCUT2D eigenvalue weighted by atomic mass is 16.6. The first-order valence-electron chi connectivity index (χ1n) is 28.6. The van der Waals surface area contributed by atoms with Crippen LogP contribution in [0.15, 0.2) is 48.6 Å². The van der Waals surface area contributed by atoms with Gasteiger partial charge in [-0.25, -0.2) is 0 Å². The Morgan fingerprint density at radius 2 is 0.591 bits per heavy atom. The van der Waals surface area contributed by atoms with Gasteiger partial charge in [0, 0.05) is 19.3 Å². The SMILES string of the molecule is CC/C=C\C/C=C\C/C=C\C/C=C\CCCCCCC(=O)OC(COC(=O)CCCCCCCCCCCC)COC(=O)CCCCCCCCCCCCCCCCCCCCCCC. The number of allylic oxidation sites excluding steroid dienone is 8. The molecular formula is C60H108O6. The van der Waals surface area contributed by atoms with Crippen molar-refractivity contribution in [1.82, 2.24) is 0 Å². The van der Waals surface area contributed by atoms with Gasteiger partial charge in [-0.3, -0.25) is 14.4 Å². The molecule has 0 aliphatic carbocycles. The van der Waals surface area contributed by atoms with Gasteiger partial charge in [0.1, 0.15) is 13.2 Å². The van der Waals surface area contributed by atoms with E-state index in [0.29, 0.717) is 19.3 Å². The molecule has 0 saturated carbocycles. The standard InChI is InChI=1S/C60H108O6/c1-4-7-10-13-16-19-22-24-26-28-29-30-31-33-34-36-38-41-44-47-50-53-59(62)65-56-57(55-64-58(61)52-49-46-43-40-21-18-15-12-9-6-3)66-60(63)54-51-48-45-42-39-37-35-32-27-25-23-20-17-14-11-8-5-2/h8,11,17,20,25,27,35,37,57H,4-7,9-10,12-16,18-19,21-24,26,28-34,36,38-56H2,1-3H3/b11-8-,20-17-,27-25-,37-35-. The average molecular weight is 926 g/mol. The molecule has 1 unspecified atom stereocenters. The summed E-state index contributed by atoms with van der Waals surface area (Å²) in [5, 5.41) is 0. The summed E-state index contributed by atoms with van der Waals surface area (Å²) in [5.41, 5.74) is 0. The molecule has 6 nitrogen and oxygen atoms in total. The normalized spacial score (nSPS) is 12.3. The minimum atomic E-state index is -0.781. The molecule has 0 amide bonds. The summed E-state index contributed by atoms with van der Waals surface area (Å²) < 4.78 is 16.8. The lowest BCUT2D eigenvalue weighted by molar-refractivity contribution is -0.167. The van der Waals surface area contributed by atoms with Crippen LogP contribution in [0.5, 0.6) is 0 Å². The summed E-state index contributed by atoms with van der Waals surface area (Å²) in [6.45, 7) is 6.53. The van der Waals surface area contributed by atoms with Gasteiger partial charge in [0.25, 0.3) is 0 Å². The third-order valence-corrected chi connectivity index (χ3v) is 12.6. The van der Waals surface area contributed by atoms with Crippen LogP contribution in [0.2, 0.25) is 0 Å². The van der Waals surface area contributed by atoms with Gasteiger partial charge in [0.2, 0.25) is 0 Å². The van der Waals surface area contributed by atoms with Crippen molar-refractivity contribution in [3.63, 3.8) is 0 Å². The summed E-state index contributed by atoms with van der Waals surface area (Å²) in [6, 6.07) is 0. The van der Waals surface area contributed by atoms with Crippen molar-refractivity contribution in [3.05, 3.63) is 48.6 Å². The molecule has 0 aromatic heterocycles. The van der Waals surface area contributed by atoms with E-state index in [1.54, 1.807) is 0 Å². The Morgan fingerprint density at radius 1 is 0.318 bits per heavy atom. The first-order valence-corrected chi connectivity index (χ1v) is 28.6. The Balaban J connectivity index is 4.28. The van der Waals surface area contributed by atoms with E-state index in [2.05, 4.69) is 69.4 Å². The Kier molecular flexibility index (Phi) is 52.8. The topological polar surface area (TPSA) is 78.9 Å². The number of hydrogen-bond donors (Lipinski definition) is 0. The fraction of sp³-hybridized carbons (Fsp3) is 0.817. The van der Waals surface area contributed by atoms with Crippen LogP contribution < -0.4 is 0 Å². The minimum absolute atomic E-state index is 0.0791. The highest BCUT2D eigenvalue weighted by molar-refractivity contribution is 5.71. The Morgan fingerprint density at radius 3 is 0.924 bits per heavy atom. The van der Waals surface area contributed by atoms with E-state index in [-0.39, 0.29) is 31.1 Å². The predicted molar refractivity (Wildman–Crippen MR) is 284 cm³/mol. The van der Waals surface area contributed by atoms with Crippen LogP contribution in [0.3, 0.4) is 0 Å². The van der Waals surface area contributed by atoms with Gasteiger partial charge in [-0.15, -0.1) is 0 Å². The van der Waals surface area contributed by atoms with Crippen LogP contribution in [0.4, 0.5) is 0 Å². The Hall–Kier alpha value is -2.63. The highest BCUT2D eigenvalue weighted by Gasteiger charge is 2.19. The first-order chi connectivity index (χ1) is 32.5. The van der Waals surface area contributed by atoms with E-state index in [4.69, 9.17) is 14.2 Å². The van der Waals surface area contributed by atoms with Crippen molar-refractivity contribution >= 4 is 17.9 Å². The number of carbonyl (C=O) groups is 3. The number of rotatable bonds is 52. The molecule has 6 heteroatoms. The second kappa shape index (κ2) is 55.0. The first kappa shape index (κ1) is 63.4. The third-order valence-electron chi connectivity index (χ3n) is 12.6. The van der Waals surface area contributed by atoms with Crippen molar-refractivity contribution in [2.75, 3.05) is 13.2 Å². The molecule has 0 bridgehead atoms. The number of ether oxygens (including phenoxy) is 3. The average Bonchev–Trinajstić information content (AvgIpc) is 3.31. The summed E-state index contributed by atoms with van der Waals surface area (Å²) in [5.74, 6) is -0.890. The molecular weight excluding hydrogens is 817 g/mol. The molecule has 66 heavy (non-hydrogen) atoms. The lowest BCUT2D eigenvalue weighted by atomic mass is 10.0. The van der Waals surface area contributed by atoms with E-state index in [1.165, 1.54) is 161 Å². The van der Waals surface area contributed by atoms with Crippen LogP contribution in [0.1, 0.15) is 297 Å². The molecule has 0 heterocycles. The third kappa shape index (κ3) is 52.3. The van der Waals surface area contributed by atoms with Gasteiger partial charge in [0.15, 0.2) is 6.10 Å². The number of carbonyl (C=O) groups excluding carboxylic acids is 3. The minimum Gasteiger partial charge on any atom is -0.462 e. The Labute approximate surface area is 409 Å².